The highest BCUT2D eigenvalue weighted by molar-refractivity contribution is 7.99. The van der Waals surface area contributed by atoms with Crippen LogP contribution in [-0.2, 0) is 4.79 Å². The molecule has 4 heteroatoms. The predicted molar refractivity (Wildman–Crippen MR) is 78.7 cm³/mol. The number of fused-ring (bicyclic) bond motifs is 2. The second-order valence-electron chi connectivity index (χ2n) is 5.16. The van der Waals surface area contributed by atoms with Crippen molar-refractivity contribution in [2.75, 3.05) is 4.90 Å². The van der Waals surface area contributed by atoms with Gasteiger partial charge in [0.25, 0.3) is 0 Å². The highest BCUT2D eigenvalue weighted by Crippen LogP contribution is 2.53. The fourth-order valence-electron chi connectivity index (χ4n) is 2.82. The lowest BCUT2D eigenvalue weighted by Crippen LogP contribution is -2.25. The summed E-state index contributed by atoms with van der Waals surface area (Å²) < 4.78 is 0. The zero-order chi connectivity index (χ0) is 13.7. The molecule has 2 aromatic carbocycles. The quantitative estimate of drug-likeness (QED) is 0.911. The highest BCUT2D eigenvalue weighted by Gasteiger charge is 2.49. The van der Waals surface area contributed by atoms with Gasteiger partial charge in [-0.2, -0.15) is 0 Å². The molecule has 4 rings (SSSR count). The van der Waals surface area contributed by atoms with Crippen LogP contribution in [0, 0.1) is 5.92 Å². The van der Waals surface area contributed by atoms with Crippen LogP contribution in [0.3, 0.4) is 0 Å². The van der Waals surface area contributed by atoms with E-state index < -0.39 is 5.97 Å². The molecule has 2 atom stereocenters. The Morgan fingerprint density at radius 1 is 1.05 bits per heavy atom. The van der Waals surface area contributed by atoms with Gasteiger partial charge < -0.3 is 10.0 Å². The molecule has 1 aliphatic carbocycles. The van der Waals surface area contributed by atoms with E-state index in [1.54, 1.807) is 11.8 Å². The molecule has 1 heterocycles. The van der Waals surface area contributed by atoms with Gasteiger partial charge in [0.2, 0.25) is 0 Å². The number of aliphatic carboxylic acids is 1. The molecule has 1 aliphatic heterocycles. The summed E-state index contributed by atoms with van der Waals surface area (Å²) in [6.07, 6.45) is 0.725. The third-order valence-electron chi connectivity index (χ3n) is 3.88. The van der Waals surface area contributed by atoms with Gasteiger partial charge in [0.1, 0.15) is 0 Å². The normalized spacial score (nSPS) is 22.9. The van der Waals surface area contributed by atoms with Crippen LogP contribution in [0.25, 0.3) is 0 Å². The molecule has 2 aliphatic rings. The van der Waals surface area contributed by atoms with Crippen molar-refractivity contribution in [3.05, 3.63) is 48.5 Å². The molecule has 1 fully saturated rings. The van der Waals surface area contributed by atoms with Crippen LogP contribution >= 0.6 is 11.8 Å². The summed E-state index contributed by atoms with van der Waals surface area (Å²) in [5, 5.41) is 9.22. The predicted octanol–water partition coefficient (Wildman–Crippen LogP) is 3.76. The average Bonchev–Trinajstić information content (AvgIpc) is 3.25. The lowest BCUT2D eigenvalue weighted by Gasteiger charge is -2.33. The average molecular weight is 283 g/mol. The molecule has 0 bridgehead atoms. The van der Waals surface area contributed by atoms with Crippen LogP contribution in [0.15, 0.2) is 58.3 Å². The fourth-order valence-corrected chi connectivity index (χ4v) is 3.89. The number of para-hydroxylation sites is 2. The minimum atomic E-state index is -0.691. The first-order valence-corrected chi connectivity index (χ1v) is 7.45. The van der Waals surface area contributed by atoms with E-state index in [4.69, 9.17) is 0 Å². The van der Waals surface area contributed by atoms with Crippen molar-refractivity contribution in [2.24, 2.45) is 5.92 Å². The van der Waals surface area contributed by atoms with Crippen molar-refractivity contribution in [1.29, 1.82) is 0 Å². The molecular formula is C16H13NO2S. The molecule has 100 valence electrons. The number of carboxylic acid groups (broad SMARTS) is 1. The maximum absolute atomic E-state index is 11.2. The van der Waals surface area contributed by atoms with E-state index in [2.05, 4.69) is 29.2 Å². The third-order valence-corrected chi connectivity index (χ3v) is 5.01. The third kappa shape index (κ3) is 1.72. The Balaban J connectivity index is 1.83. The molecule has 3 nitrogen and oxygen atoms in total. The smallest absolute Gasteiger partial charge is 0.308 e. The minimum Gasteiger partial charge on any atom is -0.481 e. The van der Waals surface area contributed by atoms with Crippen LogP contribution in [0.2, 0.25) is 0 Å². The van der Waals surface area contributed by atoms with Crippen LogP contribution in [0.1, 0.15) is 6.42 Å². The Kier molecular flexibility index (Phi) is 2.54. The van der Waals surface area contributed by atoms with Gasteiger partial charge in [0.05, 0.1) is 17.3 Å². The standard InChI is InChI=1S/C16H13NO2S/c18-16(19)10-9-13(10)17-11-5-1-3-7-14(11)20-15-8-4-2-6-12(15)17/h1-8,10,13H,9H2,(H,18,19)/t10-,13-/m1/s1. The van der Waals surface area contributed by atoms with Crippen molar-refractivity contribution < 1.29 is 9.90 Å². The zero-order valence-corrected chi connectivity index (χ0v) is 11.5. The van der Waals surface area contributed by atoms with E-state index in [0.717, 1.165) is 17.8 Å². The number of hydrogen-bond acceptors (Lipinski definition) is 3. The van der Waals surface area contributed by atoms with Gasteiger partial charge in [-0.05, 0) is 30.7 Å². The SMILES string of the molecule is O=C(O)[C@@H]1C[C@H]1N1c2ccccc2Sc2ccccc21. The van der Waals surface area contributed by atoms with Crippen molar-refractivity contribution in [1.82, 2.24) is 0 Å². The molecule has 0 spiro atoms. The number of hydrogen-bond donors (Lipinski definition) is 1. The fraction of sp³-hybridized carbons (Fsp3) is 0.188. The van der Waals surface area contributed by atoms with Gasteiger partial charge in [-0.1, -0.05) is 36.0 Å². The van der Waals surface area contributed by atoms with E-state index in [1.807, 2.05) is 24.3 Å². The molecule has 2 aromatic rings. The summed E-state index contributed by atoms with van der Waals surface area (Å²) in [7, 11) is 0. The largest absolute Gasteiger partial charge is 0.481 e. The van der Waals surface area contributed by atoms with Gasteiger partial charge >= 0.3 is 5.97 Å². The Hall–Kier alpha value is -1.94. The van der Waals surface area contributed by atoms with E-state index in [0.29, 0.717) is 0 Å². The van der Waals surface area contributed by atoms with Crippen molar-refractivity contribution in [3.63, 3.8) is 0 Å². The van der Waals surface area contributed by atoms with Crippen LogP contribution in [-0.4, -0.2) is 17.1 Å². The molecule has 0 saturated heterocycles. The second kappa shape index (κ2) is 4.28. The van der Waals surface area contributed by atoms with Crippen LogP contribution in [0.5, 0.6) is 0 Å². The Morgan fingerprint density at radius 2 is 1.60 bits per heavy atom. The maximum Gasteiger partial charge on any atom is 0.308 e. The molecule has 20 heavy (non-hydrogen) atoms. The van der Waals surface area contributed by atoms with E-state index in [9.17, 15) is 9.90 Å². The molecular weight excluding hydrogens is 270 g/mol. The van der Waals surface area contributed by atoms with E-state index >= 15 is 0 Å². The number of nitrogens with zero attached hydrogens (tertiary/aromatic N) is 1. The molecule has 0 amide bonds. The number of rotatable bonds is 2. The van der Waals surface area contributed by atoms with Crippen LogP contribution < -0.4 is 4.90 Å². The highest BCUT2D eigenvalue weighted by atomic mass is 32.2. The Labute approximate surface area is 121 Å². The molecule has 0 aromatic heterocycles. The number of anilines is 2. The summed E-state index contributed by atoms with van der Waals surface area (Å²) in [6, 6.07) is 16.5. The first-order chi connectivity index (χ1) is 9.75. The molecule has 1 saturated carbocycles. The number of carbonyl (C=O) groups is 1. The monoisotopic (exact) mass is 283 g/mol. The summed E-state index contributed by atoms with van der Waals surface area (Å²) >= 11 is 1.75. The Morgan fingerprint density at radius 3 is 2.10 bits per heavy atom. The summed E-state index contributed by atoms with van der Waals surface area (Å²) in [5.41, 5.74) is 2.26. The summed E-state index contributed by atoms with van der Waals surface area (Å²) in [5.74, 6) is -0.942. The first-order valence-electron chi connectivity index (χ1n) is 6.63. The zero-order valence-electron chi connectivity index (χ0n) is 10.7. The minimum absolute atomic E-state index is 0.0794. The number of benzene rings is 2. The topological polar surface area (TPSA) is 40.5 Å². The van der Waals surface area contributed by atoms with E-state index in [-0.39, 0.29) is 12.0 Å². The Bertz CT molecular complexity index is 655. The van der Waals surface area contributed by atoms with Gasteiger partial charge in [-0.3, -0.25) is 4.79 Å². The first kappa shape index (κ1) is 11.9. The summed E-state index contributed by atoms with van der Waals surface area (Å²) in [6.45, 7) is 0. The van der Waals surface area contributed by atoms with Crippen LogP contribution in [0.4, 0.5) is 11.4 Å². The maximum atomic E-state index is 11.2. The van der Waals surface area contributed by atoms with Crippen molar-refractivity contribution in [3.8, 4) is 0 Å². The lowest BCUT2D eigenvalue weighted by atomic mass is 10.2. The van der Waals surface area contributed by atoms with Gasteiger partial charge in [-0.25, -0.2) is 0 Å². The second-order valence-corrected chi connectivity index (χ2v) is 6.24. The molecule has 0 unspecified atom stereocenters. The van der Waals surface area contributed by atoms with Crippen molar-refractivity contribution in [2.45, 2.75) is 22.3 Å². The summed E-state index contributed by atoms with van der Waals surface area (Å²) in [4.78, 5) is 15.8. The van der Waals surface area contributed by atoms with Gasteiger partial charge in [-0.15, -0.1) is 0 Å². The lowest BCUT2D eigenvalue weighted by molar-refractivity contribution is -0.138. The van der Waals surface area contributed by atoms with Gasteiger partial charge in [0, 0.05) is 15.8 Å². The van der Waals surface area contributed by atoms with E-state index in [1.165, 1.54) is 9.79 Å². The molecule has 1 N–H and O–H groups in total. The molecule has 0 radical (unpaired) electrons. The van der Waals surface area contributed by atoms with Crippen molar-refractivity contribution >= 4 is 29.1 Å². The number of carboxylic acids is 1. The van der Waals surface area contributed by atoms with Gasteiger partial charge in [0.15, 0.2) is 0 Å².